The van der Waals surface area contributed by atoms with E-state index < -0.39 is 0 Å². The van der Waals surface area contributed by atoms with Gasteiger partial charge in [0.1, 0.15) is 12.4 Å². The molecule has 29 heavy (non-hydrogen) atoms. The summed E-state index contributed by atoms with van der Waals surface area (Å²) in [5, 5.41) is 13.0. The van der Waals surface area contributed by atoms with Crippen molar-refractivity contribution in [2.75, 3.05) is 7.05 Å². The zero-order valence-electron chi connectivity index (χ0n) is 17.1. The van der Waals surface area contributed by atoms with E-state index >= 15 is 0 Å². The highest BCUT2D eigenvalue weighted by molar-refractivity contribution is 5.97. The second kappa shape index (κ2) is 8.69. The Morgan fingerprint density at radius 1 is 1.17 bits per heavy atom. The number of furan rings is 1. The summed E-state index contributed by atoms with van der Waals surface area (Å²) in [5.74, 6) is 1.07. The molecule has 0 fully saturated rings. The lowest BCUT2D eigenvalue weighted by atomic mass is 9.94. The number of carbonyl (C=O) groups excluding carboxylic acids is 1. The van der Waals surface area contributed by atoms with E-state index in [0.29, 0.717) is 17.1 Å². The molecule has 0 saturated heterocycles. The monoisotopic (exact) mass is 391 g/mol. The lowest BCUT2D eigenvalue weighted by molar-refractivity contribution is -0.116. The average Bonchev–Trinajstić information content (AvgIpc) is 3.22. The molecular formula is C24H25NO4. The Bertz CT molecular complexity index is 1050. The summed E-state index contributed by atoms with van der Waals surface area (Å²) >= 11 is 0. The molecule has 1 amide bonds. The maximum Gasteiger partial charge on any atom is 0.246 e. The van der Waals surface area contributed by atoms with Crippen molar-refractivity contribution in [2.24, 2.45) is 0 Å². The predicted molar refractivity (Wildman–Crippen MR) is 114 cm³/mol. The van der Waals surface area contributed by atoms with Crippen molar-refractivity contribution < 1.29 is 19.1 Å². The number of amides is 1. The largest absolute Gasteiger partial charge is 0.504 e. The molecule has 1 aromatic heterocycles. The van der Waals surface area contributed by atoms with Crippen LogP contribution in [-0.2, 0) is 11.4 Å². The van der Waals surface area contributed by atoms with Crippen molar-refractivity contribution >= 4 is 12.0 Å². The average molecular weight is 391 g/mol. The molecule has 0 aliphatic heterocycles. The summed E-state index contributed by atoms with van der Waals surface area (Å²) in [4.78, 5) is 11.8. The van der Waals surface area contributed by atoms with E-state index in [1.165, 1.54) is 0 Å². The van der Waals surface area contributed by atoms with Gasteiger partial charge in [-0.25, -0.2) is 0 Å². The first-order valence-corrected chi connectivity index (χ1v) is 9.39. The van der Waals surface area contributed by atoms with Gasteiger partial charge in [0.25, 0.3) is 0 Å². The van der Waals surface area contributed by atoms with Gasteiger partial charge in [-0.1, -0.05) is 18.2 Å². The minimum absolute atomic E-state index is 0.0746. The van der Waals surface area contributed by atoms with Crippen molar-refractivity contribution in [3.05, 3.63) is 76.8 Å². The van der Waals surface area contributed by atoms with Gasteiger partial charge in [0.05, 0.1) is 6.26 Å². The molecule has 3 rings (SSSR count). The van der Waals surface area contributed by atoms with E-state index in [2.05, 4.69) is 17.4 Å². The number of phenolic OH excluding ortho intramolecular Hbond substituents is 1. The molecule has 1 heterocycles. The first-order valence-electron chi connectivity index (χ1n) is 9.39. The van der Waals surface area contributed by atoms with Gasteiger partial charge in [-0.2, -0.15) is 0 Å². The molecule has 0 unspecified atom stereocenters. The Morgan fingerprint density at radius 2 is 1.97 bits per heavy atom. The molecule has 2 N–H and O–H groups in total. The maximum absolute atomic E-state index is 11.8. The van der Waals surface area contributed by atoms with Crippen molar-refractivity contribution in [1.29, 1.82) is 0 Å². The minimum Gasteiger partial charge on any atom is -0.504 e. The Labute approximate surface area is 170 Å². The minimum atomic E-state index is -0.0961. The van der Waals surface area contributed by atoms with Crippen LogP contribution in [0, 0.1) is 13.8 Å². The molecule has 0 aliphatic carbocycles. The number of aryl methyl sites for hydroxylation is 2. The van der Waals surface area contributed by atoms with Gasteiger partial charge in [0.2, 0.25) is 5.91 Å². The van der Waals surface area contributed by atoms with Crippen LogP contribution in [0.4, 0.5) is 0 Å². The van der Waals surface area contributed by atoms with E-state index in [9.17, 15) is 9.90 Å². The lowest BCUT2D eigenvalue weighted by Crippen LogP contribution is -2.18. The summed E-state index contributed by atoms with van der Waals surface area (Å²) in [6, 6.07) is 13.1. The fourth-order valence-electron chi connectivity index (χ4n) is 3.15. The molecule has 0 saturated carbocycles. The van der Waals surface area contributed by atoms with Crippen molar-refractivity contribution in [3.8, 4) is 22.6 Å². The Morgan fingerprint density at radius 3 is 2.62 bits per heavy atom. The first kappa shape index (κ1) is 20.3. The molecule has 5 nitrogen and oxygen atoms in total. The van der Waals surface area contributed by atoms with Gasteiger partial charge in [0.15, 0.2) is 11.5 Å². The second-order valence-electron chi connectivity index (χ2n) is 6.98. The summed E-state index contributed by atoms with van der Waals surface area (Å²) in [6.45, 7) is 6.07. The lowest BCUT2D eigenvalue weighted by Gasteiger charge is -2.13. The summed E-state index contributed by atoms with van der Waals surface area (Å²) in [6.07, 6.45) is 3.47. The molecule has 2 aromatic carbocycles. The normalized spacial score (nSPS) is 11.4. The fraction of sp³-hybridized carbons (Fsp3) is 0.208. The molecule has 150 valence electrons. The summed E-state index contributed by atoms with van der Waals surface area (Å²) < 4.78 is 10.9. The van der Waals surface area contributed by atoms with Crippen molar-refractivity contribution in [3.63, 3.8) is 0 Å². The third-order valence-electron chi connectivity index (χ3n) is 4.79. The van der Waals surface area contributed by atoms with Crippen LogP contribution in [0.15, 0.2) is 58.7 Å². The van der Waals surface area contributed by atoms with Gasteiger partial charge in [0, 0.05) is 12.6 Å². The molecule has 0 atom stereocenters. The van der Waals surface area contributed by atoms with Crippen LogP contribution in [0.3, 0.4) is 0 Å². The second-order valence-corrected chi connectivity index (χ2v) is 6.98. The zero-order chi connectivity index (χ0) is 21.0. The van der Waals surface area contributed by atoms with Gasteiger partial charge >= 0.3 is 0 Å². The number of aromatic hydroxyl groups is 1. The van der Waals surface area contributed by atoms with Crippen LogP contribution in [0.5, 0.6) is 11.5 Å². The Balaban J connectivity index is 1.85. The van der Waals surface area contributed by atoms with E-state index in [-0.39, 0.29) is 18.3 Å². The predicted octanol–water partition coefficient (Wildman–Crippen LogP) is 5.00. The molecule has 0 bridgehead atoms. The molecular weight excluding hydrogens is 366 g/mol. The van der Waals surface area contributed by atoms with Crippen molar-refractivity contribution in [1.82, 2.24) is 5.32 Å². The number of rotatable bonds is 6. The van der Waals surface area contributed by atoms with Gasteiger partial charge in [-0.15, -0.1) is 0 Å². The number of hydrogen-bond acceptors (Lipinski definition) is 4. The molecule has 0 radical (unpaired) electrons. The summed E-state index contributed by atoms with van der Waals surface area (Å²) in [7, 11) is 1.62. The van der Waals surface area contributed by atoms with E-state index in [1.807, 2.05) is 32.1 Å². The number of nitrogens with one attached hydrogen (secondary N) is 1. The number of phenols is 1. The van der Waals surface area contributed by atoms with Crippen molar-refractivity contribution in [2.45, 2.75) is 27.4 Å². The molecule has 0 spiro atoms. The molecule has 5 heteroatoms. The molecule has 0 aliphatic rings. The quantitative estimate of drug-likeness (QED) is 0.580. The van der Waals surface area contributed by atoms with Gasteiger partial charge in [-0.05, 0) is 78.9 Å². The third kappa shape index (κ3) is 4.69. The van der Waals surface area contributed by atoms with Gasteiger partial charge < -0.3 is 19.6 Å². The first-order chi connectivity index (χ1) is 13.9. The highest BCUT2D eigenvalue weighted by Gasteiger charge is 2.11. The van der Waals surface area contributed by atoms with Crippen LogP contribution in [-0.4, -0.2) is 18.1 Å². The van der Waals surface area contributed by atoms with Crippen LogP contribution >= 0.6 is 0 Å². The highest BCUT2D eigenvalue weighted by atomic mass is 16.5. The maximum atomic E-state index is 11.8. The Kier molecular flexibility index (Phi) is 6.07. The van der Waals surface area contributed by atoms with Crippen LogP contribution in [0.1, 0.15) is 29.4 Å². The number of carbonyl (C=O) groups is 1. The number of likely N-dealkylation sites (N-methyl/N-ethyl adjacent to an activating group) is 1. The smallest absolute Gasteiger partial charge is 0.246 e. The third-order valence-corrected chi connectivity index (χ3v) is 4.79. The standard InChI is InChI=1S/C24H25NO4/c1-15-12-21(16(2)10-19(15)11-17(3)24(27)25-4)18-7-8-23(22(26)13-18)29-14-20-6-5-9-28-20/h5-13,26H,14H2,1-4H3,(H,25,27)/b17-11+. The van der Waals surface area contributed by atoms with Gasteiger partial charge in [-0.3, -0.25) is 4.79 Å². The van der Waals surface area contributed by atoms with Crippen LogP contribution in [0.2, 0.25) is 0 Å². The van der Waals surface area contributed by atoms with E-state index in [4.69, 9.17) is 9.15 Å². The van der Waals surface area contributed by atoms with Crippen LogP contribution < -0.4 is 10.1 Å². The topological polar surface area (TPSA) is 71.7 Å². The van der Waals surface area contributed by atoms with E-state index in [1.54, 1.807) is 38.4 Å². The van der Waals surface area contributed by atoms with E-state index in [0.717, 1.165) is 27.8 Å². The molecule has 3 aromatic rings. The fourth-order valence-corrected chi connectivity index (χ4v) is 3.15. The Hall–Kier alpha value is -3.47. The number of hydrogen-bond donors (Lipinski definition) is 2. The van der Waals surface area contributed by atoms with Crippen LogP contribution in [0.25, 0.3) is 17.2 Å². The SMILES string of the molecule is CNC(=O)/C(C)=C/c1cc(C)c(-c2ccc(OCc3ccco3)c(O)c2)cc1C. The zero-order valence-corrected chi connectivity index (χ0v) is 17.1. The number of ether oxygens (including phenoxy) is 1. The number of benzene rings is 2. The summed E-state index contributed by atoms with van der Waals surface area (Å²) in [5.41, 5.74) is 5.66. The highest BCUT2D eigenvalue weighted by Crippen LogP contribution is 2.34.